The van der Waals surface area contributed by atoms with Crippen molar-refractivity contribution in [2.45, 2.75) is 4.90 Å². The van der Waals surface area contributed by atoms with Crippen molar-refractivity contribution in [3.63, 3.8) is 0 Å². The SMILES string of the molecule is COc1ccc2nc(-c3ccc(NS(=O)(=O)c4ccccc4)cc3)sc2c1. The van der Waals surface area contributed by atoms with Crippen LogP contribution in [0.25, 0.3) is 20.8 Å². The zero-order chi connectivity index (χ0) is 18.9. The van der Waals surface area contributed by atoms with Gasteiger partial charge in [-0.3, -0.25) is 4.72 Å². The highest BCUT2D eigenvalue weighted by Crippen LogP contribution is 2.33. The van der Waals surface area contributed by atoms with Crippen molar-refractivity contribution < 1.29 is 13.2 Å². The Hall–Kier alpha value is -2.90. The lowest BCUT2D eigenvalue weighted by molar-refractivity contribution is 0.415. The van der Waals surface area contributed by atoms with Gasteiger partial charge in [-0.25, -0.2) is 13.4 Å². The van der Waals surface area contributed by atoms with Crippen LogP contribution in [0.15, 0.2) is 77.7 Å². The van der Waals surface area contributed by atoms with Gasteiger partial charge < -0.3 is 4.74 Å². The van der Waals surface area contributed by atoms with Crippen molar-refractivity contribution in [3.05, 3.63) is 72.8 Å². The zero-order valence-corrected chi connectivity index (χ0v) is 16.0. The Morgan fingerprint density at radius 3 is 2.41 bits per heavy atom. The summed E-state index contributed by atoms with van der Waals surface area (Å²) in [6.07, 6.45) is 0. The molecule has 0 saturated heterocycles. The molecule has 3 aromatic carbocycles. The molecule has 4 aromatic rings. The van der Waals surface area contributed by atoms with Gasteiger partial charge >= 0.3 is 0 Å². The molecule has 1 N–H and O–H groups in total. The number of anilines is 1. The minimum absolute atomic E-state index is 0.231. The van der Waals surface area contributed by atoms with Crippen LogP contribution in [-0.2, 0) is 10.0 Å². The molecule has 5 nitrogen and oxygen atoms in total. The van der Waals surface area contributed by atoms with Crippen molar-refractivity contribution in [3.8, 4) is 16.3 Å². The van der Waals surface area contributed by atoms with Crippen LogP contribution in [-0.4, -0.2) is 20.5 Å². The molecular formula is C20H16N2O3S2. The molecular weight excluding hydrogens is 380 g/mol. The van der Waals surface area contributed by atoms with Gasteiger partial charge in [0.25, 0.3) is 10.0 Å². The van der Waals surface area contributed by atoms with Crippen LogP contribution in [0.4, 0.5) is 5.69 Å². The first-order chi connectivity index (χ1) is 13.0. The number of hydrogen-bond donors (Lipinski definition) is 1. The lowest BCUT2D eigenvalue weighted by atomic mass is 10.2. The first-order valence-electron chi connectivity index (χ1n) is 8.18. The van der Waals surface area contributed by atoms with Gasteiger partial charge in [0, 0.05) is 11.3 Å². The van der Waals surface area contributed by atoms with Gasteiger partial charge in [-0.2, -0.15) is 0 Å². The number of sulfonamides is 1. The van der Waals surface area contributed by atoms with Crippen LogP contribution in [0.5, 0.6) is 5.75 Å². The van der Waals surface area contributed by atoms with Gasteiger partial charge in [-0.1, -0.05) is 18.2 Å². The normalized spacial score (nSPS) is 11.4. The second-order valence-electron chi connectivity index (χ2n) is 5.85. The molecule has 0 radical (unpaired) electrons. The summed E-state index contributed by atoms with van der Waals surface area (Å²) in [5, 5.41) is 0.871. The Morgan fingerprint density at radius 1 is 0.963 bits per heavy atom. The number of ether oxygens (including phenoxy) is 1. The predicted octanol–water partition coefficient (Wildman–Crippen LogP) is 4.77. The molecule has 0 atom stereocenters. The summed E-state index contributed by atoms with van der Waals surface area (Å²) in [6.45, 7) is 0. The second kappa shape index (κ2) is 7.02. The van der Waals surface area contributed by atoms with Crippen LogP contribution in [0, 0.1) is 0 Å². The lowest BCUT2D eigenvalue weighted by Gasteiger charge is -2.08. The number of benzene rings is 3. The fourth-order valence-electron chi connectivity index (χ4n) is 2.65. The van der Waals surface area contributed by atoms with Crippen LogP contribution in [0.1, 0.15) is 0 Å². The summed E-state index contributed by atoms with van der Waals surface area (Å²) in [4.78, 5) is 4.87. The fourth-order valence-corrected chi connectivity index (χ4v) is 4.73. The van der Waals surface area contributed by atoms with Crippen LogP contribution < -0.4 is 9.46 Å². The van der Waals surface area contributed by atoms with E-state index in [0.29, 0.717) is 5.69 Å². The zero-order valence-electron chi connectivity index (χ0n) is 14.4. The molecule has 0 saturated carbocycles. The number of aromatic nitrogens is 1. The van der Waals surface area contributed by atoms with Crippen LogP contribution in [0.2, 0.25) is 0 Å². The molecule has 7 heteroatoms. The van der Waals surface area contributed by atoms with Gasteiger partial charge in [-0.15, -0.1) is 11.3 Å². The molecule has 1 heterocycles. The smallest absolute Gasteiger partial charge is 0.261 e. The topological polar surface area (TPSA) is 68.3 Å². The quantitative estimate of drug-likeness (QED) is 0.527. The van der Waals surface area contributed by atoms with Gasteiger partial charge in [0.15, 0.2) is 0 Å². The summed E-state index contributed by atoms with van der Waals surface area (Å²) in [7, 11) is -1.96. The van der Waals surface area contributed by atoms with Crippen molar-refractivity contribution in [2.24, 2.45) is 0 Å². The summed E-state index contributed by atoms with van der Waals surface area (Å²) in [5.41, 5.74) is 2.34. The standard InChI is InChI=1S/C20H16N2O3S2/c1-25-16-11-12-18-19(13-16)26-20(21-18)14-7-9-15(10-8-14)22-27(23,24)17-5-3-2-4-6-17/h2-13,22H,1H3. The molecule has 0 bridgehead atoms. The van der Waals surface area contributed by atoms with E-state index in [1.165, 1.54) is 0 Å². The largest absolute Gasteiger partial charge is 0.497 e. The average molecular weight is 396 g/mol. The Morgan fingerprint density at radius 2 is 1.70 bits per heavy atom. The molecule has 0 amide bonds. The molecule has 0 unspecified atom stereocenters. The third-order valence-electron chi connectivity index (χ3n) is 4.03. The van der Waals surface area contributed by atoms with E-state index in [1.54, 1.807) is 60.9 Å². The summed E-state index contributed by atoms with van der Waals surface area (Å²) in [6, 6.07) is 21.3. The Balaban J connectivity index is 1.59. The van der Waals surface area contributed by atoms with Crippen molar-refractivity contribution in [1.82, 2.24) is 4.98 Å². The Labute approximate surface area is 161 Å². The van der Waals surface area contributed by atoms with E-state index in [2.05, 4.69) is 9.71 Å². The highest BCUT2D eigenvalue weighted by atomic mass is 32.2. The summed E-state index contributed by atoms with van der Waals surface area (Å²) >= 11 is 1.57. The monoisotopic (exact) mass is 396 g/mol. The van der Waals surface area contributed by atoms with E-state index in [1.807, 2.05) is 30.3 Å². The number of thiazole rings is 1. The number of nitrogens with zero attached hydrogens (tertiary/aromatic N) is 1. The molecule has 1 aromatic heterocycles. The molecule has 136 valence electrons. The predicted molar refractivity (Wildman–Crippen MR) is 109 cm³/mol. The third kappa shape index (κ3) is 3.65. The van der Waals surface area contributed by atoms with E-state index in [0.717, 1.165) is 26.5 Å². The molecule has 0 fully saturated rings. The molecule has 4 rings (SSSR count). The molecule has 0 spiro atoms. The fraction of sp³-hybridized carbons (Fsp3) is 0.0500. The minimum atomic E-state index is -3.60. The van der Waals surface area contributed by atoms with Gasteiger partial charge in [0.05, 0.1) is 22.2 Å². The second-order valence-corrected chi connectivity index (χ2v) is 8.56. The first-order valence-corrected chi connectivity index (χ1v) is 10.5. The van der Waals surface area contributed by atoms with Gasteiger partial charge in [0.2, 0.25) is 0 Å². The lowest BCUT2D eigenvalue weighted by Crippen LogP contribution is -2.12. The number of methoxy groups -OCH3 is 1. The van der Waals surface area contributed by atoms with Crippen LogP contribution >= 0.6 is 11.3 Å². The number of hydrogen-bond acceptors (Lipinski definition) is 5. The Kier molecular flexibility index (Phi) is 4.55. The van der Waals surface area contributed by atoms with E-state index < -0.39 is 10.0 Å². The minimum Gasteiger partial charge on any atom is -0.497 e. The summed E-state index contributed by atoms with van der Waals surface area (Å²) < 4.78 is 33.7. The van der Waals surface area contributed by atoms with Gasteiger partial charge in [-0.05, 0) is 54.6 Å². The van der Waals surface area contributed by atoms with E-state index in [9.17, 15) is 8.42 Å². The molecule has 0 aliphatic heterocycles. The van der Waals surface area contributed by atoms with Crippen molar-refractivity contribution in [1.29, 1.82) is 0 Å². The number of nitrogens with one attached hydrogen (secondary N) is 1. The maximum absolute atomic E-state index is 12.4. The highest BCUT2D eigenvalue weighted by molar-refractivity contribution is 7.92. The van der Waals surface area contributed by atoms with E-state index >= 15 is 0 Å². The maximum Gasteiger partial charge on any atom is 0.261 e. The number of fused-ring (bicyclic) bond motifs is 1. The van der Waals surface area contributed by atoms with Crippen LogP contribution in [0.3, 0.4) is 0 Å². The van der Waals surface area contributed by atoms with Crippen molar-refractivity contribution in [2.75, 3.05) is 11.8 Å². The average Bonchev–Trinajstić information content (AvgIpc) is 3.12. The van der Waals surface area contributed by atoms with Gasteiger partial charge in [0.1, 0.15) is 10.8 Å². The van der Waals surface area contributed by atoms with E-state index in [4.69, 9.17) is 4.74 Å². The first kappa shape index (κ1) is 17.5. The molecule has 0 aliphatic carbocycles. The van der Waals surface area contributed by atoms with Crippen molar-refractivity contribution >= 4 is 37.3 Å². The molecule has 27 heavy (non-hydrogen) atoms. The molecule has 0 aliphatic rings. The number of rotatable bonds is 5. The van der Waals surface area contributed by atoms with E-state index in [-0.39, 0.29) is 4.90 Å². The third-order valence-corrected chi connectivity index (χ3v) is 6.50. The highest BCUT2D eigenvalue weighted by Gasteiger charge is 2.14. The maximum atomic E-state index is 12.4. The Bertz CT molecular complexity index is 1190. The summed E-state index contributed by atoms with van der Waals surface area (Å²) in [5.74, 6) is 0.795.